The summed E-state index contributed by atoms with van der Waals surface area (Å²) >= 11 is 0. The Morgan fingerprint density at radius 3 is 2.29 bits per heavy atom. The van der Waals surface area contributed by atoms with E-state index in [1.165, 1.54) is 0 Å². The highest BCUT2D eigenvalue weighted by atomic mass is 16.5. The Labute approximate surface area is 165 Å². The van der Waals surface area contributed by atoms with Crippen molar-refractivity contribution in [2.24, 2.45) is 5.92 Å². The van der Waals surface area contributed by atoms with E-state index in [1.807, 2.05) is 11.8 Å². The number of nitrogens with one attached hydrogen (secondary N) is 2. The summed E-state index contributed by atoms with van der Waals surface area (Å²) in [4.78, 5) is 38.1. The fourth-order valence-corrected chi connectivity index (χ4v) is 3.43. The Morgan fingerprint density at radius 2 is 1.75 bits per heavy atom. The maximum Gasteiger partial charge on any atom is 0.251 e. The third-order valence-corrected chi connectivity index (χ3v) is 5.38. The van der Waals surface area contributed by atoms with E-state index in [-0.39, 0.29) is 23.8 Å². The molecule has 1 saturated heterocycles. The monoisotopic (exact) mass is 387 g/mol. The Balaban J connectivity index is 1.48. The van der Waals surface area contributed by atoms with E-state index in [9.17, 15) is 14.4 Å². The largest absolute Gasteiger partial charge is 0.490 e. The molecular formula is C21H29N3O4. The van der Waals surface area contributed by atoms with Crippen LogP contribution in [0.15, 0.2) is 24.3 Å². The van der Waals surface area contributed by atoms with Crippen molar-refractivity contribution in [3.63, 3.8) is 0 Å². The molecule has 2 fully saturated rings. The first-order valence-corrected chi connectivity index (χ1v) is 10.1. The van der Waals surface area contributed by atoms with Crippen LogP contribution >= 0.6 is 0 Å². The molecule has 152 valence electrons. The number of nitrogens with zero attached hydrogens (tertiary/aromatic N) is 1. The molecule has 1 heterocycles. The van der Waals surface area contributed by atoms with Crippen LogP contribution in [0.5, 0.6) is 5.75 Å². The van der Waals surface area contributed by atoms with Crippen molar-refractivity contribution >= 4 is 17.7 Å². The molecule has 0 spiro atoms. The first kappa shape index (κ1) is 20.2. The lowest BCUT2D eigenvalue weighted by molar-refractivity contribution is -0.134. The number of amides is 3. The summed E-state index contributed by atoms with van der Waals surface area (Å²) in [5.41, 5.74) is 0.486. The van der Waals surface area contributed by atoms with Gasteiger partial charge in [0, 0.05) is 44.5 Å². The Morgan fingerprint density at radius 1 is 1.11 bits per heavy atom. The normalized spacial score (nSPS) is 18.3. The molecule has 3 rings (SSSR count). The van der Waals surface area contributed by atoms with Gasteiger partial charge in [0.05, 0.1) is 0 Å². The first-order valence-electron chi connectivity index (χ1n) is 10.1. The van der Waals surface area contributed by atoms with E-state index in [0.717, 1.165) is 38.8 Å². The molecule has 0 radical (unpaired) electrons. The lowest BCUT2D eigenvalue weighted by Gasteiger charge is -2.32. The summed E-state index contributed by atoms with van der Waals surface area (Å²) in [6.45, 7) is 3.34. The number of rotatable bonds is 7. The van der Waals surface area contributed by atoms with Gasteiger partial charge in [-0.2, -0.15) is 0 Å². The third kappa shape index (κ3) is 5.03. The minimum atomic E-state index is -0.544. The quantitative estimate of drug-likeness (QED) is 0.746. The number of likely N-dealkylation sites (N-methyl/N-ethyl adjacent to an activating group) is 1. The summed E-state index contributed by atoms with van der Waals surface area (Å²) < 4.78 is 6.02. The van der Waals surface area contributed by atoms with Crippen LogP contribution in [0.1, 0.15) is 49.4 Å². The predicted molar refractivity (Wildman–Crippen MR) is 105 cm³/mol. The molecule has 2 aliphatic rings. The number of hydrogen-bond donors (Lipinski definition) is 2. The number of carbonyl (C=O) groups excluding carboxylic acids is 3. The second kappa shape index (κ2) is 9.08. The molecular weight excluding hydrogens is 358 g/mol. The van der Waals surface area contributed by atoms with Crippen LogP contribution in [0, 0.1) is 5.92 Å². The number of hydrogen-bond acceptors (Lipinski definition) is 4. The van der Waals surface area contributed by atoms with E-state index >= 15 is 0 Å². The number of carbonyl (C=O) groups is 3. The van der Waals surface area contributed by atoms with Crippen LogP contribution in [-0.4, -0.2) is 54.9 Å². The maximum absolute atomic E-state index is 12.3. The van der Waals surface area contributed by atoms with Gasteiger partial charge in [-0.15, -0.1) is 0 Å². The molecule has 1 atom stereocenters. The van der Waals surface area contributed by atoms with Crippen LogP contribution in [0.2, 0.25) is 0 Å². The molecule has 0 aromatic heterocycles. The lowest BCUT2D eigenvalue weighted by Crippen LogP contribution is -2.45. The predicted octanol–water partition coefficient (Wildman–Crippen LogP) is 1.72. The average Bonchev–Trinajstić information content (AvgIpc) is 3.57. The fourth-order valence-electron chi connectivity index (χ4n) is 3.43. The van der Waals surface area contributed by atoms with Gasteiger partial charge in [-0.25, -0.2) is 0 Å². The number of likely N-dealkylation sites (tertiary alicyclic amines) is 1. The smallest absolute Gasteiger partial charge is 0.251 e. The standard InChI is InChI=1S/C21H29N3O4/c1-3-18(20(26)22-2)23-19(25)14-6-8-16(9-7-14)28-17-10-12-24(13-11-17)21(27)15-4-5-15/h6-9,15,17-18H,3-5,10-13H2,1-2H3,(H,22,26)(H,23,25)/t18-/m1/s1. The Kier molecular flexibility index (Phi) is 6.54. The van der Waals surface area contributed by atoms with Crippen molar-refractivity contribution in [3.8, 4) is 5.75 Å². The zero-order chi connectivity index (χ0) is 20.1. The zero-order valence-corrected chi connectivity index (χ0v) is 16.6. The minimum Gasteiger partial charge on any atom is -0.490 e. The molecule has 7 nitrogen and oxygen atoms in total. The molecule has 3 amide bonds. The molecule has 0 bridgehead atoms. The van der Waals surface area contributed by atoms with Crippen LogP contribution in [0.25, 0.3) is 0 Å². The van der Waals surface area contributed by atoms with E-state index in [4.69, 9.17) is 4.74 Å². The molecule has 1 saturated carbocycles. The molecule has 0 unspecified atom stereocenters. The summed E-state index contributed by atoms with van der Waals surface area (Å²) in [5, 5.41) is 5.28. The van der Waals surface area contributed by atoms with E-state index in [1.54, 1.807) is 31.3 Å². The van der Waals surface area contributed by atoms with E-state index in [2.05, 4.69) is 10.6 Å². The first-order chi connectivity index (χ1) is 13.5. The zero-order valence-electron chi connectivity index (χ0n) is 16.6. The number of piperidine rings is 1. The third-order valence-electron chi connectivity index (χ3n) is 5.38. The highest BCUT2D eigenvalue weighted by molar-refractivity contribution is 5.97. The van der Waals surface area contributed by atoms with Crippen molar-refractivity contribution in [1.82, 2.24) is 15.5 Å². The second-order valence-corrected chi connectivity index (χ2v) is 7.49. The highest BCUT2D eigenvalue weighted by Gasteiger charge is 2.35. The topological polar surface area (TPSA) is 87.7 Å². The van der Waals surface area contributed by atoms with Crippen LogP contribution < -0.4 is 15.4 Å². The van der Waals surface area contributed by atoms with E-state index in [0.29, 0.717) is 23.6 Å². The lowest BCUT2D eigenvalue weighted by atomic mass is 10.1. The van der Waals surface area contributed by atoms with Crippen LogP contribution in [-0.2, 0) is 9.59 Å². The van der Waals surface area contributed by atoms with Gasteiger partial charge in [0.2, 0.25) is 11.8 Å². The average molecular weight is 387 g/mol. The molecule has 28 heavy (non-hydrogen) atoms. The van der Waals surface area contributed by atoms with Gasteiger partial charge in [-0.1, -0.05) is 6.92 Å². The molecule has 1 aromatic carbocycles. The Bertz CT molecular complexity index is 707. The van der Waals surface area contributed by atoms with Crippen LogP contribution in [0.4, 0.5) is 0 Å². The van der Waals surface area contributed by atoms with Crippen molar-refractivity contribution in [2.75, 3.05) is 20.1 Å². The molecule has 1 aliphatic heterocycles. The number of ether oxygens (including phenoxy) is 1. The highest BCUT2D eigenvalue weighted by Crippen LogP contribution is 2.32. The maximum atomic E-state index is 12.3. The fraction of sp³-hybridized carbons (Fsp3) is 0.571. The molecule has 2 N–H and O–H groups in total. The van der Waals surface area contributed by atoms with Crippen molar-refractivity contribution < 1.29 is 19.1 Å². The van der Waals surface area contributed by atoms with Gasteiger partial charge >= 0.3 is 0 Å². The van der Waals surface area contributed by atoms with E-state index < -0.39 is 6.04 Å². The van der Waals surface area contributed by atoms with Gasteiger partial charge in [-0.3, -0.25) is 14.4 Å². The minimum absolute atomic E-state index is 0.0839. The molecule has 1 aliphatic carbocycles. The summed E-state index contributed by atoms with van der Waals surface area (Å²) in [6, 6.07) is 6.41. The van der Waals surface area contributed by atoms with Crippen molar-refractivity contribution in [2.45, 2.75) is 51.2 Å². The van der Waals surface area contributed by atoms with Gasteiger partial charge in [-0.05, 0) is 43.5 Å². The SMILES string of the molecule is CC[C@@H](NC(=O)c1ccc(OC2CCN(C(=O)C3CC3)CC2)cc1)C(=O)NC. The van der Waals surface area contributed by atoms with Crippen molar-refractivity contribution in [1.29, 1.82) is 0 Å². The Hall–Kier alpha value is -2.57. The van der Waals surface area contributed by atoms with Gasteiger partial charge in [0.25, 0.3) is 5.91 Å². The van der Waals surface area contributed by atoms with Gasteiger partial charge in [0.1, 0.15) is 17.9 Å². The molecule has 1 aromatic rings. The summed E-state index contributed by atoms with van der Waals surface area (Å²) in [6.07, 6.45) is 4.33. The van der Waals surface area contributed by atoms with Crippen molar-refractivity contribution in [3.05, 3.63) is 29.8 Å². The number of benzene rings is 1. The van der Waals surface area contributed by atoms with Crippen LogP contribution in [0.3, 0.4) is 0 Å². The summed E-state index contributed by atoms with van der Waals surface area (Å²) in [5.74, 6) is 0.792. The van der Waals surface area contributed by atoms with Gasteiger partial charge < -0.3 is 20.3 Å². The molecule has 7 heteroatoms. The summed E-state index contributed by atoms with van der Waals surface area (Å²) in [7, 11) is 1.55. The second-order valence-electron chi connectivity index (χ2n) is 7.49. The van der Waals surface area contributed by atoms with Gasteiger partial charge in [0.15, 0.2) is 0 Å².